The van der Waals surface area contributed by atoms with Crippen LogP contribution in [0.25, 0.3) is 0 Å². The van der Waals surface area contributed by atoms with Crippen LogP contribution in [0.4, 0.5) is 0 Å². The van der Waals surface area contributed by atoms with Crippen molar-refractivity contribution < 1.29 is 0 Å². The van der Waals surface area contributed by atoms with E-state index in [4.69, 9.17) is 0 Å². The van der Waals surface area contributed by atoms with Crippen LogP contribution in [0.15, 0.2) is 12.7 Å². The van der Waals surface area contributed by atoms with Gasteiger partial charge in [0.25, 0.3) is 0 Å². The van der Waals surface area contributed by atoms with Gasteiger partial charge in [-0.1, -0.05) is 46.1 Å². The van der Waals surface area contributed by atoms with Crippen LogP contribution in [0.2, 0.25) is 0 Å². The summed E-state index contributed by atoms with van der Waals surface area (Å²) in [5.74, 6) is 0.810. The Morgan fingerprint density at radius 3 is 2.47 bits per heavy atom. The summed E-state index contributed by atoms with van der Waals surface area (Å²) in [4.78, 5) is 0. The van der Waals surface area contributed by atoms with E-state index in [9.17, 15) is 0 Å². The molecular formula is C14H29N. The highest BCUT2D eigenvalue weighted by atomic mass is 14.9. The van der Waals surface area contributed by atoms with Gasteiger partial charge in [-0.15, -0.1) is 6.58 Å². The van der Waals surface area contributed by atoms with E-state index >= 15 is 0 Å². The van der Waals surface area contributed by atoms with Crippen molar-refractivity contribution in [1.29, 1.82) is 0 Å². The molecular weight excluding hydrogens is 182 g/mol. The molecule has 1 heteroatoms. The molecule has 0 aliphatic carbocycles. The Balaban J connectivity index is 3.60. The lowest BCUT2D eigenvalue weighted by Gasteiger charge is -2.23. The average molecular weight is 211 g/mol. The molecule has 2 atom stereocenters. The number of allylic oxidation sites excluding steroid dienone is 1. The lowest BCUT2D eigenvalue weighted by Crippen LogP contribution is -2.34. The molecule has 0 bridgehead atoms. The molecule has 0 aromatic rings. The van der Waals surface area contributed by atoms with E-state index in [1.165, 1.54) is 38.5 Å². The molecule has 0 aromatic carbocycles. The highest BCUT2D eigenvalue weighted by molar-refractivity contribution is 4.72. The van der Waals surface area contributed by atoms with Crippen molar-refractivity contribution >= 4 is 0 Å². The Morgan fingerprint density at radius 2 is 1.93 bits per heavy atom. The molecule has 0 fully saturated rings. The molecule has 0 rings (SSSR count). The summed E-state index contributed by atoms with van der Waals surface area (Å²) in [6, 6.07) is 0.726. The molecule has 0 aromatic heterocycles. The monoisotopic (exact) mass is 211 g/mol. The number of hydrogen-bond donors (Lipinski definition) is 1. The topological polar surface area (TPSA) is 12.0 Å². The molecule has 15 heavy (non-hydrogen) atoms. The Bertz CT molecular complexity index is 142. The number of unbranched alkanes of at least 4 members (excludes halogenated alkanes) is 3. The maximum atomic E-state index is 3.75. The third-order valence-corrected chi connectivity index (χ3v) is 3.22. The summed E-state index contributed by atoms with van der Waals surface area (Å²) in [5.41, 5.74) is 0. The molecule has 0 heterocycles. The molecule has 90 valence electrons. The van der Waals surface area contributed by atoms with Crippen LogP contribution < -0.4 is 5.32 Å². The lowest BCUT2D eigenvalue weighted by molar-refractivity contribution is 0.343. The van der Waals surface area contributed by atoms with Crippen molar-refractivity contribution in [3.8, 4) is 0 Å². The molecule has 2 unspecified atom stereocenters. The van der Waals surface area contributed by atoms with Gasteiger partial charge in [-0.05, 0) is 31.7 Å². The van der Waals surface area contributed by atoms with Gasteiger partial charge in [0.2, 0.25) is 0 Å². The standard InChI is InChI=1S/C14H29N/c1-5-8-9-10-11-12-14(15-7-3)13(4)6-2/h5,13-15H,1,6-12H2,2-4H3. The van der Waals surface area contributed by atoms with Crippen LogP contribution in [0.3, 0.4) is 0 Å². The van der Waals surface area contributed by atoms with Gasteiger partial charge in [0.05, 0.1) is 0 Å². The van der Waals surface area contributed by atoms with Crippen LogP contribution in [-0.2, 0) is 0 Å². The number of hydrogen-bond acceptors (Lipinski definition) is 1. The second kappa shape index (κ2) is 10.2. The minimum atomic E-state index is 0.726. The summed E-state index contributed by atoms with van der Waals surface area (Å²) in [6.07, 6.45) is 9.83. The summed E-state index contributed by atoms with van der Waals surface area (Å²) in [7, 11) is 0. The van der Waals surface area contributed by atoms with E-state index in [2.05, 4.69) is 32.7 Å². The zero-order valence-electron chi connectivity index (χ0n) is 10.9. The number of nitrogens with one attached hydrogen (secondary N) is 1. The molecule has 0 aliphatic heterocycles. The van der Waals surface area contributed by atoms with Crippen LogP contribution in [0.5, 0.6) is 0 Å². The first-order valence-corrected chi connectivity index (χ1v) is 6.60. The average Bonchev–Trinajstić information content (AvgIpc) is 2.26. The third-order valence-electron chi connectivity index (χ3n) is 3.22. The molecule has 1 N–H and O–H groups in total. The first kappa shape index (κ1) is 14.7. The highest BCUT2D eigenvalue weighted by Crippen LogP contribution is 2.15. The summed E-state index contributed by atoms with van der Waals surface area (Å²) in [5, 5.41) is 3.60. The fraction of sp³-hybridized carbons (Fsp3) is 0.857. The summed E-state index contributed by atoms with van der Waals surface area (Å²) in [6.45, 7) is 11.7. The Kier molecular flexibility index (Phi) is 10.0. The maximum absolute atomic E-state index is 3.75. The third kappa shape index (κ3) is 7.61. The van der Waals surface area contributed by atoms with Crippen molar-refractivity contribution in [2.45, 2.75) is 65.3 Å². The molecule has 0 amide bonds. The van der Waals surface area contributed by atoms with E-state index in [0.717, 1.165) is 18.5 Å². The van der Waals surface area contributed by atoms with Crippen molar-refractivity contribution in [3.63, 3.8) is 0 Å². The van der Waals surface area contributed by atoms with E-state index in [1.807, 2.05) is 6.08 Å². The van der Waals surface area contributed by atoms with Crippen LogP contribution in [0, 0.1) is 5.92 Å². The highest BCUT2D eigenvalue weighted by Gasteiger charge is 2.13. The van der Waals surface area contributed by atoms with Gasteiger partial charge in [0.15, 0.2) is 0 Å². The van der Waals surface area contributed by atoms with E-state index in [-0.39, 0.29) is 0 Å². The smallest absolute Gasteiger partial charge is 0.00924 e. The molecule has 0 saturated carbocycles. The van der Waals surface area contributed by atoms with Crippen molar-refractivity contribution in [2.75, 3.05) is 6.54 Å². The van der Waals surface area contributed by atoms with Gasteiger partial charge < -0.3 is 5.32 Å². The second-order valence-corrected chi connectivity index (χ2v) is 4.48. The van der Waals surface area contributed by atoms with Crippen LogP contribution in [0.1, 0.15) is 59.3 Å². The van der Waals surface area contributed by atoms with E-state index in [0.29, 0.717) is 0 Å². The predicted octanol–water partition coefficient (Wildman–Crippen LogP) is 4.15. The Hall–Kier alpha value is -0.300. The first-order chi connectivity index (χ1) is 7.26. The van der Waals surface area contributed by atoms with Crippen molar-refractivity contribution in [3.05, 3.63) is 12.7 Å². The minimum Gasteiger partial charge on any atom is -0.314 e. The SMILES string of the molecule is C=CCCCCCC(NCC)C(C)CC. The van der Waals surface area contributed by atoms with Gasteiger partial charge in [-0.3, -0.25) is 0 Å². The first-order valence-electron chi connectivity index (χ1n) is 6.60. The van der Waals surface area contributed by atoms with Gasteiger partial charge in [0, 0.05) is 6.04 Å². The second-order valence-electron chi connectivity index (χ2n) is 4.48. The summed E-state index contributed by atoms with van der Waals surface area (Å²) >= 11 is 0. The molecule has 1 nitrogen and oxygen atoms in total. The largest absolute Gasteiger partial charge is 0.314 e. The maximum Gasteiger partial charge on any atom is 0.00924 e. The zero-order chi connectivity index (χ0) is 11.5. The van der Waals surface area contributed by atoms with E-state index < -0.39 is 0 Å². The number of rotatable bonds is 10. The molecule has 0 saturated heterocycles. The molecule has 0 aliphatic rings. The minimum absolute atomic E-state index is 0.726. The van der Waals surface area contributed by atoms with Gasteiger partial charge in [-0.2, -0.15) is 0 Å². The van der Waals surface area contributed by atoms with Gasteiger partial charge >= 0.3 is 0 Å². The predicted molar refractivity (Wildman–Crippen MR) is 70.2 cm³/mol. The lowest BCUT2D eigenvalue weighted by atomic mass is 9.94. The van der Waals surface area contributed by atoms with Gasteiger partial charge in [0.1, 0.15) is 0 Å². The van der Waals surface area contributed by atoms with Gasteiger partial charge in [-0.25, -0.2) is 0 Å². The summed E-state index contributed by atoms with van der Waals surface area (Å²) < 4.78 is 0. The van der Waals surface area contributed by atoms with Crippen molar-refractivity contribution in [1.82, 2.24) is 5.32 Å². The normalized spacial score (nSPS) is 14.9. The van der Waals surface area contributed by atoms with Crippen LogP contribution in [-0.4, -0.2) is 12.6 Å². The Labute approximate surface area is 96.3 Å². The fourth-order valence-corrected chi connectivity index (χ4v) is 1.96. The quantitative estimate of drug-likeness (QED) is 0.423. The van der Waals surface area contributed by atoms with Crippen molar-refractivity contribution in [2.24, 2.45) is 5.92 Å². The van der Waals surface area contributed by atoms with E-state index in [1.54, 1.807) is 0 Å². The molecule has 0 radical (unpaired) electrons. The van der Waals surface area contributed by atoms with Crippen LogP contribution >= 0.6 is 0 Å². The zero-order valence-corrected chi connectivity index (χ0v) is 10.9. The molecule has 0 spiro atoms. The fourth-order valence-electron chi connectivity index (χ4n) is 1.96. The Morgan fingerprint density at radius 1 is 1.20 bits per heavy atom.